The van der Waals surface area contributed by atoms with Crippen LogP contribution in [0, 0.1) is 11.8 Å². The zero-order valence-electron chi connectivity index (χ0n) is 10.5. The van der Waals surface area contributed by atoms with Crippen LogP contribution in [-0.2, 0) is 6.18 Å². The summed E-state index contributed by atoms with van der Waals surface area (Å²) in [7, 11) is 1.50. The number of alkyl halides is 3. The van der Waals surface area contributed by atoms with Gasteiger partial charge >= 0.3 is 6.18 Å². The van der Waals surface area contributed by atoms with E-state index >= 15 is 0 Å². The molecular formula is C15H10F3NO. The number of rotatable bonds is 1. The molecule has 0 unspecified atom stereocenters. The molecule has 0 radical (unpaired) electrons. The number of benzene rings is 1. The summed E-state index contributed by atoms with van der Waals surface area (Å²) in [6.45, 7) is 0. The minimum Gasteiger partial charge on any atom is -0.495 e. The maximum atomic E-state index is 12.6. The van der Waals surface area contributed by atoms with Gasteiger partial charge in [-0.15, -0.1) is 0 Å². The number of ether oxygens (including phenoxy) is 1. The van der Waals surface area contributed by atoms with Gasteiger partial charge in [-0.3, -0.25) is 4.98 Å². The average Bonchev–Trinajstić information content (AvgIpc) is 2.45. The van der Waals surface area contributed by atoms with Crippen molar-refractivity contribution in [2.45, 2.75) is 6.18 Å². The topological polar surface area (TPSA) is 22.1 Å². The van der Waals surface area contributed by atoms with Gasteiger partial charge in [0.05, 0.1) is 18.9 Å². The Labute approximate surface area is 114 Å². The van der Waals surface area contributed by atoms with E-state index in [2.05, 4.69) is 16.8 Å². The summed E-state index contributed by atoms with van der Waals surface area (Å²) < 4.78 is 42.7. The van der Waals surface area contributed by atoms with Crippen molar-refractivity contribution in [1.29, 1.82) is 0 Å². The van der Waals surface area contributed by atoms with Crippen molar-refractivity contribution in [3.05, 3.63) is 59.4 Å². The molecule has 20 heavy (non-hydrogen) atoms. The molecule has 0 aliphatic carbocycles. The van der Waals surface area contributed by atoms with Crippen molar-refractivity contribution in [3.8, 4) is 17.6 Å². The Hall–Kier alpha value is -2.48. The Bertz CT molecular complexity index is 669. The van der Waals surface area contributed by atoms with Gasteiger partial charge in [0.15, 0.2) is 0 Å². The molecule has 2 rings (SSSR count). The first-order valence-electron chi connectivity index (χ1n) is 5.67. The highest BCUT2D eigenvalue weighted by molar-refractivity contribution is 5.45. The second-order valence-electron chi connectivity index (χ2n) is 3.94. The van der Waals surface area contributed by atoms with E-state index in [4.69, 9.17) is 4.74 Å². The SMILES string of the molecule is COc1cncc(C#Cc2cccc(C(F)(F)F)c2)c1. The third kappa shape index (κ3) is 3.51. The number of hydrogen-bond donors (Lipinski definition) is 0. The summed E-state index contributed by atoms with van der Waals surface area (Å²) >= 11 is 0. The van der Waals surface area contributed by atoms with E-state index in [0.717, 1.165) is 12.1 Å². The molecule has 0 N–H and O–H groups in total. The van der Waals surface area contributed by atoms with E-state index in [1.54, 1.807) is 6.07 Å². The van der Waals surface area contributed by atoms with Gasteiger partial charge in [-0.1, -0.05) is 17.9 Å². The van der Waals surface area contributed by atoms with Gasteiger partial charge in [-0.05, 0) is 24.3 Å². The zero-order valence-corrected chi connectivity index (χ0v) is 10.5. The first-order valence-corrected chi connectivity index (χ1v) is 5.67. The molecular weight excluding hydrogens is 267 g/mol. The molecule has 0 bridgehead atoms. The molecule has 1 aromatic heterocycles. The fraction of sp³-hybridized carbons (Fsp3) is 0.133. The van der Waals surface area contributed by atoms with E-state index in [1.165, 1.54) is 31.6 Å². The largest absolute Gasteiger partial charge is 0.495 e. The first-order chi connectivity index (χ1) is 9.49. The predicted molar refractivity (Wildman–Crippen MR) is 68.2 cm³/mol. The van der Waals surface area contributed by atoms with Crippen molar-refractivity contribution in [2.24, 2.45) is 0 Å². The lowest BCUT2D eigenvalue weighted by atomic mass is 10.1. The van der Waals surface area contributed by atoms with Crippen LogP contribution >= 0.6 is 0 Å². The number of halogens is 3. The third-order valence-corrected chi connectivity index (χ3v) is 2.49. The lowest BCUT2D eigenvalue weighted by Gasteiger charge is -2.05. The van der Waals surface area contributed by atoms with Gasteiger partial charge < -0.3 is 4.74 Å². The van der Waals surface area contributed by atoms with Crippen molar-refractivity contribution in [3.63, 3.8) is 0 Å². The van der Waals surface area contributed by atoms with Crippen LogP contribution in [0.2, 0.25) is 0 Å². The number of methoxy groups -OCH3 is 1. The number of aromatic nitrogens is 1. The van der Waals surface area contributed by atoms with Crippen LogP contribution in [0.5, 0.6) is 5.75 Å². The monoisotopic (exact) mass is 277 g/mol. The Morgan fingerprint density at radius 2 is 1.80 bits per heavy atom. The maximum absolute atomic E-state index is 12.6. The summed E-state index contributed by atoms with van der Waals surface area (Å²) in [6.07, 6.45) is -1.33. The third-order valence-electron chi connectivity index (χ3n) is 2.49. The van der Waals surface area contributed by atoms with Gasteiger partial charge in [0, 0.05) is 17.3 Å². The summed E-state index contributed by atoms with van der Waals surface area (Å²) in [5, 5.41) is 0. The van der Waals surface area contributed by atoms with E-state index in [-0.39, 0.29) is 0 Å². The predicted octanol–water partition coefficient (Wildman–Crippen LogP) is 3.51. The fourth-order valence-corrected chi connectivity index (χ4v) is 1.52. The molecule has 0 saturated heterocycles. The summed E-state index contributed by atoms with van der Waals surface area (Å²) in [5.74, 6) is 5.98. The molecule has 2 aromatic rings. The minimum absolute atomic E-state index is 0.294. The molecule has 5 heteroatoms. The highest BCUT2D eigenvalue weighted by Gasteiger charge is 2.30. The van der Waals surface area contributed by atoms with Gasteiger partial charge in [-0.25, -0.2) is 0 Å². The maximum Gasteiger partial charge on any atom is 0.416 e. The lowest BCUT2D eigenvalue weighted by Crippen LogP contribution is -2.04. The molecule has 0 aliphatic rings. The van der Waals surface area contributed by atoms with Crippen LogP contribution in [0.15, 0.2) is 42.7 Å². The normalized spacial score (nSPS) is 10.6. The van der Waals surface area contributed by atoms with E-state index in [1.807, 2.05) is 0 Å². The Kier molecular flexibility index (Phi) is 3.94. The van der Waals surface area contributed by atoms with Crippen molar-refractivity contribution < 1.29 is 17.9 Å². The van der Waals surface area contributed by atoms with Gasteiger partial charge in [-0.2, -0.15) is 13.2 Å². The van der Waals surface area contributed by atoms with Crippen molar-refractivity contribution in [1.82, 2.24) is 4.98 Å². The molecule has 0 atom stereocenters. The molecule has 2 nitrogen and oxygen atoms in total. The van der Waals surface area contributed by atoms with E-state index in [0.29, 0.717) is 16.9 Å². The van der Waals surface area contributed by atoms with Crippen LogP contribution in [0.25, 0.3) is 0 Å². The van der Waals surface area contributed by atoms with E-state index < -0.39 is 11.7 Å². The summed E-state index contributed by atoms with van der Waals surface area (Å²) in [6, 6.07) is 6.54. The van der Waals surface area contributed by atoms with Gasteiger partial charge in [0.2, 0.25) is 0 Å². The smallest absolute Gasteiger partial charge is 0.416 e. The van der Waals surface area contributed by atoms with Gasteiger partial charge in [0.25, 0.3) is 0 Å². The first kappa shape index (κ1) is 13.9. The molecule has 0 spiro atoms. The second-order valence-corrected chi connectivity index (χ2v) is 3.94. The minimum atomic E-state index is -4.37. The van der Waals surface area contributed by atoms with Crippen LogP contribution in [0.1, 0.15) is 16.7 Å². The second kappa shape index (κ2) is 5.66. The van der Waals surface area contributed by atoms with Gasteiger partial charge in [0.1, 0.15) is 5.75 Å². The highest BCUT2D eigenvalue weighted by Crippen LogP contribution is 2.29. The quantitative estimate of drug-likeness (QED) is 0.744. The Morgan fingerprint density at radius 1 is 1.05 bits per heavy atom. The summed E-state index contributed by atoms with van der Waals surface area (Å²) in [4.78, 5) is 3.92. The molecule has 1 aromatic carbocycles. The van der Waals surface area contributed by atoms with Crippen LogP contribution < -0.4 is 4.74 Å². The molecule has 0 aliphatic heterocycles. The van der Waals surface area contributed by atoms with Crippen LogP contribution in [0.4, 0.5) is 13.2 Å². The number of pyridine rings is 1. The molecule has 102 valence electrons. The highest BCUT2D eigenvalue weighted by atomic mass is 19.4. The lowest BCUT2D eigenvalue weighted by molar-refractivity contribution is -0.137. The number of hydrogen-bond acceptors (Lipinski definition) is 2. The number of nitrogens with zero attached hydrogens (tertiary/aromatic N) is 1. The Balaban J connectivity index is 2.29. The average molecular weight is 277 g/mol. The molecule has 0 fully saturated rings. The van der Waals surface area contributed by atoms with Crippen molar-refractivity contribution >= 4 is 0 Å². The summed E-state index contributed by atoms with van der Waals surface area (Å²) in [5.41, 5.74) is 0.150. The van der Waals surface area contributed by atoms with Crippen LogP contribution in [0.3, 0.4) is 0 Å². The molecule has 0 amide bonds. The van der Waals surface area contributed by atoms with Crippen LogP contribution in [-0.4, -0.2) is 12.1 Å². The zero-order chi connectivity index (χ0) is 14.6. The Morgan fingerprint density at radius 3 is 2.50 bits per heavy atom. The fourth-order valence-electron chi connectivity index (χ4n) is 1.52. The van der Waals surface area contributed by atoms with E-state index in [9.17, 15) is 13.2 Å². The molecule has 1 heterocycles. The van der Waals surface area contributed by atoms with Crippen molar-refractivity contribution in [2.75, 3.05) is 7.11 Å². The molecule has 0 saturated carbocycles. The standard InChI is InChI=1S/C15H10F3NO/c1-20-14-8-12(9-19-10-14)6-5-11-3-2-4-13(7-11)15(16,17)18/h2-4,7-10H,1H3.